The Hall–Kier alpha value is -1.65. The van der Waals surface area contributed by atoms with E-state index in [2.05, 4.69) is 27.3 Å². The van der Waals surface area contributed by atoms with Crippen molar-refractivity contribution in [1.82, 2.24) is 20.7 Å². The maximum Gasteiger partial charge on any atom is 0.274 e. The fraction of sp³-hybridized carbons (Fsp3) is 0.375. The molecule has 1 amide bonds. The molecule has 2 N–H and O–H groups in total. The molecule has 5 nitrogen and oxygen atoms in total. The zero-order chi connectivity index (χ0) is 9.84. The smallest absolute Gasteiger partial charge is 0.274 e. The Morgan fingerprint density at radius 1 is 1.62 bits per heavy atom. The molecule has 0 unspecified atom stereocenters. The van der Waals surface area contributed by atoms with Gasteiger partial charge < -0.3 is 5.32 Å². The van der Waals surface area contributed by atoms with Crippen LogP contribution in [-0.2, 0) is 0 Å². The second-order valence-electron chi connectivity index (χ2n) is 2.90. The standard InChI is InChI=1S/C8H12N4O/c1-5(2)4-9-8(13)7-6(3)10-12-11-7/h1,4H2,2-3H3,(H,9,13)(H,10,11,12). The van der Waals surface area contributed by atoms with Gasteiger partial charge in [-0.3, -0.25) is 4.79 Å². The lowest BCUT2D eigenvalue weighted by Crippen LogP contribution is -2.25. The molecule has 13 heavy (non-hydrogen) atoms. The first-order valence-electron chi connectivity index (χ1n) is 3.91. The van der Waals surface area contributed by atoms with E-state index in [0.29, 0.717) is 17.9 Å². The average molecular weight is 180 g/mol. The van der Waals surface area contributed by atoms with E-state index in [4.69, 9.17) is 0 Å². The number of H-pyrrole nitrogens is 1. The number of aryl methyl sites for hydroxylation is 1. The van der Waals surface area contributed by atoms with Crippen LogP contribution in [0.15, 0.2) is 12.2 Å². The number of rotatable bonds is 3. The highest BCUT2D eigenvalue weighted by Gasteiger charge is 2.11. The Morgan fingerprint density at radius 2 is 2.31 bits per heavy atom. The summed E-state index contributed by atoms with van der Waals surface area (Å²) >= 11 is 0. The number of amides is 1. The molecule has 0 radical (unpaired) electrons. The molecule has 0 saturated carbocycles. The van der Waals surface area contributed by atoms with Crippen LogP contribution in [0.2, 0.25) is 0 Å². The Balaban J connectivity index is 2.59. The van der Waals surface area contributed by atoms with E-state index in [1.54, 1.807) is 6.92 Å². The number of aromatic amines is 1. The fourth-order valence-corrected chi connectivity index (χ4v) is 0.814. The van der Waals surface area contributed by atoms with Crippen LogP contribution in [0.4, 0.5) is 0 Å². The summed E-state index contributed by atoms with van der Waals surface area (Å²) in [5.41, 5.74) is 1.83. The number of nitrogens with zero attached hydrogens (tertiary/aromatic N) is 2. The van der Waals surface area contributed by atoms with Crippen molar-refractivity contribution >= 4 is 5.91 Å². The van der Waals surface area contributed by atoms with E-state index in [0.717, 1.165) is 5.57 Å². The number of carbonyl (C=O) groups is 1. The molecular formula is C8H12N4O. The Labute approximate surface area is 76.2 Å². The zero-order valence-electron chi connectivity index (χ0n) is 7.72. The van der Waals surface area contributed by atoms with E-state index < -0.39 is 0 Å². The van der Waals surface area contributed by atoms with Gasteiger partial charge in [-0.25, -0.2) is 0 Å². The molecule has 0 aromatic carbocycles. The number of aromatic nitrogens is 3. The van der Waals surface area contributed by atoms with Crippen LogP contribution in [0.5, 0.6) is 0 Å². The number of nitrogens with one attached hydrogen (secondary N) is 2. The maximum absolute atomic E-state index is 11.4. The lowest BCUT2D eigenvalue weighted by molar-refractivity contribution is 0.0951. The first kappa shape index (κ1) is 9.44. The van der Waals surface area contributed by atoms with E-state index in [9.17, 15) is 4.79 Å². The van der Waals surface area contributed by atoms with Gasteiger partial charge in [-0.2, -0.15) is 15.4 Å². The first-order valence-corrected chi connectivity index (χ1v) is 3.91. The van der Waals surface area contributed by atoms with Crippen LogP contribution < -0.4 is 5.32 Å². The van der Waals surface area contributed by atoms with Gasteiger partial charge in [0.05, 0.1) is 5.69 Å². The molecule has 1 heterocycles. The minimum atomic E-state index is -0.228. The summed E-state index contributed by atoms with van der Waals surface area (Å²) < 4.78 is 0. The monoisotopic (exact) mass is 180 g/mol. The summed E-state index contributed by atoms with van der Waals surface area (Å²) in [5, 5.41) is 12.5. The first-order chi connectivity index (χ1) is 6.11. The van der Waals surface area contributed by atoms with Crippen molar-refractivity contribution in [3.63, 3.8) is 0 Å². The Kier molecular flexibility index (Phi) is 2.79. The summed E-state index contributed by atoms with van der Waals surface area (Å²) in [6.45, 7) is 7.70. The van der Waals surface area contributed by atoms with E-state index in [-0.39, 0.29) is 5.91 Å². The zero-order valence-corrected chi connectivity index (χ0v) is 7.72. The Bertz CT molecular complexity index is 329. The van der Waals surface area contributed by atoms with Crippen molar-refractivity contribution < 1.29 is 4.79 Å². The summed E-state index contributed by atoms with van der Waals surface area (Å²) in [5.74, 6) is -0.228. The third-order valence-corrected chi connectivity index (χ3v) is 1.49. The summed E-state index contributed by atoms with van der Waals surface area (Å²) in [6, 6.07) is 0. The van der Waals surface area contributed by atoms with Crippen molar-refractivity contribution in [3.8, 4) is 0 Å². The van der Waals surface area contributed by atoms with Gasteiger partial charge in [-0.15, -0.1) is 0 Å². The van der Waals surface area contributed by atoms with Crippen LogP contribution in [0.25, 0.3) is 0 Å². The molecule has 0 aliphatic carbocycles. The van der Waals surface area contributed by atoms with Gasteiger partial charge in [-0.1, -0.05) is 12.2 Å². The fourth-order valence-electron chi connectivity index (χ4n) is 0.814. The number of hydrogen-bond donors (Lipinski definition) is 2. The lowest BCUT2D eigenvalue weighted by atomic mass is 10.3. The highest BCUT2D eigenvalue weighted by Crippen LogP contribution is 1.97. The minimum Gasteiger partial charge on any atom is -0.347 e. The molecule has 0 fully saturated rings. The van der Waals surface area contributed by atoms with Crippen molar-refractivity contribution in [2.45, 2.75) is 13.8 Å². The second kappa shape index (κ2) is 3.84. The van der Waals surface area contributed by atoms with Crippen molar-refractivity contribution in [2.75, 3.05) is 6.54 Å². The molecule has 5 heteroatoms. The predicted octanol–water partition coefficient (Wildman–Crippen LogP) is 0.419. The SMILES string of the molecule is C=C(C)CNC(=O)c1n[nH]nc1C. The highest BCUT2D eigenvalue weighted by atomic mass is 16.2. The van der Waals surface area contributed by atoms with Crippen LogP contribution in [0.3, 0.4) is 0 Å². The molecule has 1 aromatic heterocycles. The summed E-state index contributed by atoms with van der Waals surface area (Å²) in [4.78, 5) is 11.4. The average Bonchev–Trinajstić information content (AvgIpc) is 2.47. The largest absolute Gasteiger partial charge is 0.347 e. The van der Waals surface area contributed by atoms with Gasteiger partial charge in [0.1, 0.15) is 0 Å². The topological polar surface area (TPSA) is 70.7 Å². The maximum atomic E-state index is 11.4. The van der Waals surface area contributed by atoms with E-state index in [1.165, 1.54) is 0 Å². The van der Waals surface area contributed by atoms with Gasteiger partial charge in [0, 0.05) is 6.54 Å². The molecule has 0 saturated heterocycles. The molecule has 70 valence electrons. The van der Waals surface area contributed by atoms with Crippen LogP contribution >= 0.6 is 0 Å². The predicted molar refractivity (Wildman–Crippen MR) is 48.3 cm³/mol. The molecule has 1 rings (SSSR count). The molecular weight excluding hydrogens is 168 g/mol. The molecule has 0 atom stereocenters. The van der Waals surface area contributed by atoms with Crippen LogP contribution in [0.1, 0.15) is 23.1 Å². The summed E-state index contributed by atoms with van der Waals surface area (Å²) in [7, 11) is 0. The van der Waals surface area contributed by atoms with Crippen molar-refractivity contribution in [3.05, 3.63) is 23.5 Å². The quantitative estimate of drug-likeness (QED) is 0.662. The van der Waals surface area contributed by atoms with Crippen LogP contribution in [0, 0.1) is 6.92 Å². The number of hydrogen-bond acceptors (Lipinski definition) is 3. The third kappa shape index (κ3) is 2.40. The molecule has 0 aliphatic rings. The van der Waals surface area contributed by atoms with Crippen molar-refractivity contribution in [1.29, 1.82) is 0 Å². The van der Waals surface area contributed by atoms with Crippen molar-refractivity contribution in [2.24, 2.45) is 0 Å². The van der Waals surface area contributed by atoms with E-state index in [1.807, 2.05) is 6.92 Å². The summed E-state index contributed by atoms with van der Waals surface area (Å²) in [6.07, 6.45) is 0. The van der Waals surface area contributed by atoms with Gasteiger partial charge in [0.2, 0.25) is 0 Å². The normalized spacial score (nSPS) is 9.69. The van der Waals surface area contributed by atoms with E-state index >= 15 is 0 Å². The second-order valence-corrected chi connectivity index (χ2v) is 2.90. The third-order valence-electron chi connectivity index (χ3n) is 1.49. The highest BCUT2D eigenvalue weighted by molar-refractivity contribution is 5.93. The lowest BCUT2D eigenvalue weighted by Gasteiger charge is -2.01. The van der Waals surface area contributed by atoms with Gasteiger partial charge in [-0.05, 0) is 13.8 Å². The molecule has 0 aliphatic heterocycles. The molecule has 0 spiro atoms. The number of carbonyl (C=O) groups excluding carboxylic acids is 1. The van der Waals surface area contributed by atoms with Gasteiger partial charge in [0.15, 0.2) is 5.69 Å². The Morgan fingerprint density at radius 3 is 2.77 bits per heavy atom. The molecule has 0 bridgehead atoms. The van der Waals surface area contributed by atoms with Gasteiger partial charge >= 0.3 is 0 Å². The van der Waals surface area contributed by atoms with Crippen LogP contribution in [-0.4, -0.2) is 27.9 Å². The minimum absolute atomic E-state index is 0.228. The van der Waals surface area contributed by atoms with Gasteiger partial charge in [0.25, 0.3) is 5.91 Å². The molecule has 1 aromatic rings.